The lowest BCUT2D eigenvalue weighted by molar-refractivity contribution is -0.119. The molecule has 58 heavy (non-hydrogen) atoms. The fourth-order valence-corrected chi connectivity index (χ4v) is 8.46. The smallest absolute Gasteiger partial charge is 0.287 e. The van der Waals surface area contributed by atoms with Crippen molar-refractivity contribution in [3.8, 4) is 11.5 Å². The Balaban J connectivity index is 0.000000177. The van der Waals surface area contributed by atoms with E-state index in [0.717, 1.165) is 22.5 Å². The largest absolute Gasteiger partial charge is 0.482 e. The maximum atomic E-state index is 12.5. The molecule has 0 bridgehead atoms. The highest BCUT2D eigenvalue weighted by Crippen LogP contribution is 2.32. The molecule has 1 atom stereocenters. The molecular weight excluding hydrogens is 793 g/mol. The summed E-state index contributed by atoms with van der Waals surface area (Å²) in [5, 5.41) is 21.3. The molecule has 0 aliphatic carbocycles. The van der Waals surface area contributed by atoms with Crippen LogP contribution in [0.25, 0.3) is 20.4 Å². The topological polar surface area (TPSA) is 264 Å². The second-order valence-electron chi connectivity index (χ2n) is 13.3. The molecule has 0 fully saturated rings. The van der Waals surface area contributed by atoms with E-state index < -0.39 is 29.0 Å². The zero-order valence-electron chi connectivity index (χ0n) is 31.2. The van der Waals surface area contributed by atoms with Crippen molar-refractivity contribution in [1.82, 2.24) is 30.6 Å². The Morgan fingerprint density at radius 3 is 1.69 bits per heavy atom. The van der Waals surface area contributed by atoms with Gasteiger partial charge in [-0.2, -0.15) is 0 Å². The number of hydrogen-bond acceptors (Lipinski definition) is 14. The highest BCUT2D eigenvalue weighted by atomic mass is 32.1. The number of nitrogens with one attached hydrogen (secondary N) is 6. The molecule has 0 saturated carbocycles. The number of hydrogen-bond donors (Lipinski definition) is 7. The van der Waals surface area contributed by atoms with E-state index in [-0.39, 0.29) is 55.5 Å². The zero-order valence-corrected chi connectivity index (χ0v) is 32.8. The summed E-state index contributed by atoms with van der Waals surface area (Å²) in [5.41, 5.74) is 2.90. The average molecular weight is 827 g/mol. The SMILES string of the molecule is CC(=O)c1sc2nc(C(=O)NCc3ccc4c(c3)NC(=O)CO4)[nH]c(=O)c2c1C.Cc1c(C(C)O)sc2nc(C(=O)NCc3ccc4c(c3)NC(=O)CO4)[nH]c(=O)c12. The Labute approximate surface area is 335 Å². The number of ether oxygens (including phenoxy) is 2. The molecule has 0 saturated heterocycles. The number of aliphatic hydroxyl groups excluding tert-OH is 1. The molecule has 2 aliphatic heterocycles. The number of benzene rings is 2. The standard InChI is InChI=1S/C19H18N4O5S.C19H16N4O5S/c2*1-8-14-17(26)22-16(23-19(14)29-15(8)9(2)24)18(27)20-6-10-3-4-12-11(5-10)21-13(25)7-28-12/h3-5,9,24H,6-7H2,1-2H3,(H,20,27)(H,21,25)(H,22,23,26);3-5H,6-7H2,1-2H3,(H,20,27)(H,21,25)(H,22,23,26). The van der Waals surface area contributed by atoms with Crippen molar-refractivity contribution < 1.29 is 38.6 Å². The minimum atomic E-state index is -0.723. The van der Waals surface area contributed by atoms with Gasteiger partial charge in [0.05, 0.1) is 33.1 Å². The summed E-state index contributed by atoms with van der Waals surface area (Å²) >= 11 is 2.29. The van der Waals surface area contributed by atoms with Crippen LogP contribution in [0.2, 0.25) is 0 Å². The van der Waals surface area contributed by atoms with Crippen molar-refractivity contribution in [2.24, 2.45) is 0 Å². The number of aromatic nitrogens is 4. The number of carbonyl (C=O) groups is 5. The van der Waals surface area contributed by atoms with Gasteiger partial charge in [0.2, 0.25) is 11.6 Å². The van der Waals surface area contributed by atoms with Crippen LogP contribution in [0.5, 0.6) is 11.5 Å². The highest BCUT2D eigenvalue weighted by Gasteiger charge is 2.22. The van der Waals surface area contributed by atoms with Crippen molar-refractivity contribution in [1.29, 1.82) is 0 Å². The van der Waals surface area contributed by atoms with Gasteiger partial charge in [0.15, 0.2) is 19.0 Å². The van der Waals surface area contributed by atoms with Gasteiger partial charge < -0.3 is 45.8 Å². The molecule has 7 N–H and O–H groups in total. The lowest BCUT2D eigenvalue weighted by Gasteiger charge is -2.18. The summed E-state index contributed by atoms with van der Waals surface area (Å²) in [7, 11) is 0. The third kappa shape index (κ3) is 8.06. The van der Waals surface area contributed by atoms with Gasteiger partial charge in [-0.25, -0.2) is 9.97 Å². The average Bonchev–Trinajstić information content (AvgIpc) is 3.72. The van der Waals surface area contributed by atoms with Crippen molar-refractivity contribution >= 4 is 83.9 Å². The number of carbonyl (C=O) groups excluding carboxylic acids is 5. The first-order valence-corrected chi connectivity index (χ1v) is 19.2. The summed E-state index contributed by atoms with van der Waals surface area (Å²) in [6.07, 6.45) is -0.723. The minimum Gasteiger partial charge on any atom is -0.482 e. The van der Waals surface area contributed by atoms with Gasteiger partial charge >= 0.3 is 0 Å². The molecule has 6 aromatic rings. The number of aryl methyl sites for hydroxylation is 2. The number of anilines is 2. The molecule has 2 aromatic carbocycles. The summed E-state index contributed by atoms with van der Waals surface area (Å²) in [6, 6.07) is 10.4. The number of nitrogens with zero attached hydrogens (tertiary/aromatic N) is 2. The van der Waals surface area contributed by atoms with Crippen LogP contribution >= 0.6 is 22.7 Å². The third-order valence-corrected chi connectivity index (χ3v) is 11.7. The maximum absolute atomic E-state index is 12.5. The molecule has 0 radical (unpaired) electrons. The predicted octanol–water partition coefficient (Wildman–Crippen LogP) is 3.36. The number of Topliss-reactive ketones (excluding diaryl/α,β-unsaturated/α-hetero) is 1. The van der Waals surface area contributed by atoms with Gasteiger partial charge in [0, 0.05) is 18.0 Å². The van der Waals surface area contributed by atoms with Gasteiger partial charge in [-0.1, -0.05) is 12.1 Å². The van der Waals surface area contributed by atoms with Gasteiger partial charge in [0.25, 0.3) is 34.7 Å². The molecule has 1 unspecified atom stereocenters. The molecule has 6 heterocycles. The molecule has 18 nitrogen and oxygen atoms in total. The Hall–Kier alpha value is -6.77. The zero-order chi connectivity index (χ0) is 41.4. The van der Waals surface area contributed by atoms with E-state index in [1.807, 2.05) is 0 Å². The third-order valence-electron chi connectivity index (χ3n) is 9.03. The quantitative estimate of drug-likeness (QED) is 0.109. The van der Waals surface area contributed by atoms with E-state index in [0.29, 0.717) is 64.2 Å². The van der Waals surface area contributed by atoms with E-state index in [2.05, 4.69) is 41.2 Å². The summed E-state index contributed by atoms with van der Waals surface area (Å²) in [6.45, 7) is 6.75. The Morgan fingerprint density at radius 2 is 1.22 bits per heavy atom. The second-order valence-corrected chi connectivity index (χ2v) is 15.3. The first-order valence-electron chi connectivity index (χ1n) is 17.6. The summed E-state index contributed by atoms with van der Waals surface area (Å²) < 4.78 is 10.6. The fraction of sp³-hybridized carbons (Fsp3) is 0.237. The summed E-state index contributed by atoms with van der Waals surface area (Å²) in [5.74, 6) is -0.836. The number of aliphatic hydroxyl groups is 1. The van der Waals surface area contributed by atoms with Crippen LogP contribution in [0, 0.1) is 13.8 Å². The van der Waals surface area contributed by atoms with Crippen LogP contribution in [-0.2, 0) is 22.7 Å². The Kier molecular flexibility index (Phi) is 10.9. The van der Waals surface area contributed by atoms with E-state index in [1.165, 1.54) is 18.3 Å². The van der Waals surface area contributed by atoms with Crippen LogP contribution < -0.4 is 41.9 Å². The second kappa shape index (κ2) is 16.0. The number of thiophene rings is 2. The fourth-order valence-electron chi connectivity index (χ4n) is 6.27. The van der Waals surface area contributed by atoms with Crippen molar-refractivity contribution in [3.05, 3.63) is 101 Å². The Morgan fingerprint density at radius 1 is 0.759 bits per heavy atom. The van der Waals surface area contributed by atoms with E-state index in [1.54, 1.807) is 57.2 Å². The Bertz CT molecular complexity index is 2820. The minimum absolute atomic E-state index is 0.0242. The molecule has 298 valence electrons. The summed E-state index contributed by atoms with van der Waals surface area (Å²) in [4.78, 5) is 99.6. The van der Waals surface area contributed by atoms with Gasteiger partial charge in [0.1, 0.15) is 21.2 Å². The van der Waals surface area contributed by atoms with Crippen molar-refractivity contribution in [3.63, 3.8) is 0 Å². The first kappa shape index (κ1) is 39.5. The molecule has 4 aromatic heterocycles. The van der Waals surface area contributed by atoms with Crippen LogP contribution in [0.4, 0.5) is 11.4 Å². The maximum Gasteiger partial charge on any atom is 0.287 e. The lowest BCUT2D eigenvalue weighted by atomic mass is 10.1. The number of aromatic amines is 2. The van der Waals surface area contributed by atoms with Gasteiger partial charge in [-0.15, -0.1) is 22.7 Å². The molecule has 2 aliphatic rings. The van der Waals surface area contributed by atoms with Crippen molar-refractivity contribution in [2.45, 2.75) is 46.9 Å². The van der Waals surface area contributed by atoms with E-state index >= 15 is 0 Å². The predicted molar refractivity (Wildman–Crippen MR) is 214 cm³/mol. The lowest BCUT2D eigenvalue weighted by Crippen LogP contribution is -2.28. The van der Waals surface area contributed by atoms with E-state index in [4.69, 9.17) is 9.47 Å². The number of ketones is 1. The monoisotopic (exact) mass is 826 g/mol. The van der Waals surface area contributed by atoms with Gasteiger partial charge in [-0.3, -0.25) is 33.6 Å². The highest BCUT2D eigenvalue weighted by molar-refractivity contribution is 7.20. The molecule has 20 heteroatoms. The molecule has 4 amide bonds. The van der Waals surface area contributed by atoms with Crippen LogP contribution in [0.15, 0.2) is 46.0 Å². The normalized spacial score (nSPS) is 13.5. The van der Waals surface area contributed by atoms with Gasteiger partial charge in [-0.05, 0) is 74.2 Å². The van der Waals surface area contributed by atoms with Crippen LogP contribution in [0.3, 0.4) is 0 Å². The van der Waals surface area contributed by atoms with Crippen LogP contribution in [0.1, 0.15) is 78.0 Å². The number of H-pyrrole nitrogens is 2. The molecule has 8 rings (SSSR count). The number of rotatable bonds is 8. The number of fused-ring (bicyclic) bond motifs is 4. The van der Waals surface area contributed by atoms with E-state index in [9.17, 15) is 38.7 Å². The van der Waals surface area contributed by atoms with Crippen LogP contribution in [-0.4, -0.2) is 67.7 Å². The molecular formula is C38H34N8O10S2. The molecule has 0 spiro atoms. The van der Waals surface area contributed by atoms with Crippen molar-refractivity contribution in [2.75, 3.05) is 23.8 Å². The number of amides is 4. The first-order chi connectivity index (χ1) is 27.7.